The molecule has 0 unspecified atom stereocenters. The number of para-hydroxylation sites is 1. The Bertz CT molecular complexity index is 899. The number of carbonyl (C=O) groups is 1. The van der Waals surface area contributed by atoms with E-state index in [4.69, 9.17) is 0 Å². The number of hydrogen-bond acceptors (Lipinski definition) is 3. The standard InChI is InChI=1S/C20H26FN3O3S/c1-4-5-8-16-11-13-17(14-12-16)22-20(25)15-24(28(26,27)23(2)3)19-10-7-6-9-18(19)21/h6-7,9-14H,4-5,8,15H2,1-3H3,(H,22,25). The third kappa shape index (κ3) is 5.53. The Morgan fingerprint density at radius 3 is 2.29 bits per heavy atom. The van der Waals surface area contributed by atoms with Crippen LogP contribution in [0.5, 0.6) is 0 Å². The predicted octanol–water partition coefficient (Wildman–Crippen LogP) is 3.42. The van der Waals surface area contributed by atoms with E-state index in [0.29, 0.717) is 5.69 Å². The molecule has 0 spiro atoms. The van der Waals surface area contributed by atoms with Gasteiger partial charge in [-0.1, -0.05) is 37.6 Å². The van der Waals surface area contributed by atoms with E-state index in [1.807, 2.05) is 12.1 Å². The highest BCUT2D eigenvalue weighted by atomic mass is 32.2. The molecule has 0 saturated heterocycles. The van der Waals surface area contributed by atoms with Crippen molar-refractivity contribution in [2.24, 2.45) is 0 Å². The summed E-state index contributed by atoms with van der Waals surface area (Å²) >= 11 is 0. The van der Waals surface area contributed by atoms with Crippen LogP contribution in [0, 0.1) is 5.82 Å². The van der Waals surface area contributed by atoms with E-state index < -0.39 is 28.5 Å². The number of aryl methyl sites for hydroxylation is 1. The average molecular weight is 408 g/mol. The molecule has 8 heteroatoms. The molecule has 28 heavy (non-hydrogen) atoms. The van der Waals surface area contributed by atoms with Gasteiger partial charge in [0.25, 0.3) is 0 Å². The minimum absolute atomic E-state index is 0.179. The Kier molecular flexibility index (Phi) is 7.53. The second kappa shape index (κ2) is 9.66. The van der Waals surface area contributed by atoms with Crippen molar-refractivity contribution in [2.45, 2.75) is 26.2 Å². The van der Waals surface area contributed by atoms with Gasteiger partial charge in [-0.3, -0.25) is 4.79 Å². The van der Waals surface area contributed by atoms with Gasteiger partial charge < -0.3 is 5.32 Å². The number of anilines is 2. The van der Waals surface area contributed by atoms with Crippen LogP contribution in [0.4, 0.5) is 15.8 Å². The summed E-state index contributed by atoms with van der Waals surface area (Å²) < 4.78 is 41.1. The third-order valence-electron chi connectivity index (χ3n) is 4.21. The molecule has 0 radical (unpaired) electrons. The van der Waals surface area contributed by atoms with Crippen LogP contribution in [0.3, 0.4) is 0 Å². The molecule has 0 bridgehead atoms. The highest BCUT2D eigenvalue weighted by Crippen LogP contribution is 2.23. The van der Waals surface area contributed by atoms with Gasteiger partial charge in [-0.05, 0) is 42.7 Å². The molecule has 0 heterocycles. The summed E-state index contributed by atoms with van der Waals surface area (Å²) in [6, 6.07) is 12.9. The van der Waals surface area contributed by atoms with Crippen molar-refractivity contribution in [3.05, 3.63) is 59.9 Å². The predicted molar refractivity (Wildman–Crippen MR) is 110 cm³/mol. The van der Waals surface area contributed by atoms with Crippen LogP contribution in [-0.4, -0.2) is 39.3 Å². The first-order valence-electron chi connectivity index (χ1n) is 9.09. The SMILES string of the molecule is CCCCc1ccc(NC(=O)CN(c2ccccc2F)S(=O)(=O)N(C)C)cc1. The highest BCUT2D eigenvalue weighted by Gasteiger charge is 2.29. The summed E-state index contributed by atoms with van der Waals surface area (Å²) in [5, 5.41) is 2.67. The molecule has 0 saturated carbocycles. The van der Waals surface area contributed by atoms with Crippen LogP contribution in [0.25, 0.3) is 0 Å². The molecule has 152 valence electrons. The third-order valence-corrected chi connectivity index (χ3v) is 6.01. The summed E-state index contributed by atoms with van der Waals surface area (Å²) in [5.41, 5.74) is 1.55. The molecule has 0 aliphatic carbocycles. The molecule has 1 N–H and O–H groups in total. The van der Waals surface area contributed by atoms with Crippen molar-refractivity contribution < 1.29 is 17.6 Å². The first-order chi connectivity index (χ1) is 13.3. The van der Waals surface area contributed by atoms with E-state index in [9.17, 15) is 17.6 Å². The van der Waals surface area contributed by atoms with Gasteiger partial charge in [-0.2, -0.15) is 12.7 Å². The van der Waals surface area contributed by atoms with E-state index in [-0.39, 0.29) is 5.69 Å². The number of carbonyl (C=O) groups excluding carboxylic acids is 1. The van der Waals surface area contributed by atoms with Gasteiger partial charge in [0.15, 0.2) is 0 Å². The van der Waals surface area contributed by atoms with Crippen molar-refractivity contribution in [3.63, 3.8) is 0 Å². The molecule has 0 aliphatic heterocycles. The molecular weight excluding hydrogens is 381 g/mol. The summed E-state index contributed by atoms with van der Waals surface area (Å²) in [7, 11) is -1.39. The second-order valence-electron chi connectivity index (χ2n) is 6.60. The lowest BCUT2D eigenvalue weighted by Crippen LogP contribution is -2.44. The van der Waals surface area contributed by atoms with E-state index in [1.165, 1.54) is 37.9 Å². The van der Waals surface area contributed by atoms with Gasteiger partial charge in [0, 0.05) is 19.8 Å². The van der Waals surface area contributed by atoms with Crippen molar-refractivity contribution in [1.82, 2.24) is 4.31 Å². The first kappa shape index (κ1) is 21.8. The van der Waals surface area contributed by atoms with Gasteiger partial charge >= 0.3 is 10.2 Å². The zero-order valence-corrected chi connectivity index (χ0v) is 17.2. The lowest BCUT2D eigenvalue weighted by molar-refractivity contribution is -0.114. The number of halogens is 1. The first-order valence-corrected chi connectivity index (χ1v) is 10.5. The van der Waals surface area contributed by atoms with E-state index in [2.05, 4.69) is 12.2 Å². The number of nitrogens with one attached hydrogen (secondary N) is 1. The van der Waals surface area contributed by atoms with Crippen LogP contribution in [0.15, 0.2) is 48.5 Å². The van der Waals surface area contributed by atoms with E-state index in [1.54, 1.807) is 12.1 Å². The summed E-state index contributed by atoms with van der Waals surface area (Å²) in [6.45, 7) is 1.58. The van der Waals surface area contributed by atoms with Gasteiger partial charge in [0.2, 0.25) is 5.91 Å². The minimum atomic E-state index is -4.05. The van der Waals surface area contributed by atoms with Crippen LogP contribution in [0.1, 0.15) is 25.3 Å². The molecule has 2 aromatic carbocycles. The highest BCUT2D eigenvalue weighted by molar-refractivity contribution is 7.90. The normalized spacial score (nSPS) is 11.5. The van der Waals surface area contributed by atoms with Gasteiger partial charge in [-0.25, -0.2) is 8.70 Å². The van der Waals surface area contributed by atoms with Gasteiger partial charge in [0.1, 0.15) is 12.4 Å². The number of unbranched alkanes of at least 4 members (excludes halogenated alkanes) is 1. The number of nitrogens with zero attached hydrogens (tertiary/aromatic N) is 2. The molecule has 1 amide bonds. The quantitative estimate of drug-likeness (QED) is 0.692. The maximum Gasteiger partial charge on any atom is 0.304 e. The molecule has 0 atom stereocenters. The smallest absolute Gasteiger partial charge is 0.304 e. The van der Waals surface area contributed by atoms with Crippen LogP contribution < -0.4 is 9.62 Å². The van der Waals surface area contributed by atoms with E-state index in [0.717, 1.165) is 33.9 Å². The number of amides is 1. The summed E-state index contributed by atoms with van der Waals surface area (Å²) in [5.74, 6) is -1.28. The molecule has 2 aromatic rings. The molecule has 0 aliphatic rings. The maximum atomic E-state index is 14.2. The Hall–Kier alpha value is -2.45. The van der Waals surface area contributed by atoms with Crippen LogP contribution in [0.2, 0.25) is 0 Å². The Labute approximate surface area is 166 Å². The molecule has 6 nitrogen and oxygen atoms in total. The molecule has 2 rings (SSSR count). The van der Waals surface area contributed by atoms with E-state index >= 15 is 0 Å². The van der Waals surface area contributed by atoms with Gasteiger partial charge in [-0.15, -0.1) is 0 Å². The Morgan fingerprint density at radius 1 is 1.07 bits per heavy atom. The second-order valence-corrected chi connectivity index (χ2v) is 8.66. The fraction of sp³-hybridized carbons (Fsp3) is 0.350. The van der Waals surface area contributed by atoms with Crippen molar-refractivity contribution in [3.8, 4) is 0 Å². The van der Waals surface area contributed by atoms with Crippen LogP contribution in [-0.2, 0) is 21.4 Å². The average Bonchev–Trinajstić information content (AvgIpc) is 2.66. The lowest BCUT2D eigenvalue weighted by Gasteiger charge is -2.27. The zero-order valence-electron chi connectivity index (χ0n) is 16.4. The topological polar surface area (TPSA) is 69.7 Å². The van der Waals surface area contributed by atoms with Crippen LogP contribution >= 0.6 is 0 Å². The molecule has 0 aromatic heterocycles. The number of benzene rings is 2. The monoisotopic (exact) mass is 407 g/mol. The summed E-state index contributed by atoms with van der Waals surface area (Å²) in [6.07, 6.45) is 3.16. The van der Waals surface area contributed by atoms with Crippen molar-refractivity contribution in [1.29, 1.82) is 0 Å². The fourth-order valence-electron chi connectivity index (χ4n) is 2.61. The minimum Gasteiger partial charge on any atom is -0.325 e. The molecular formula is C20H26FN3O3S. The summed E-state index contributed by atoms with van der Waals surface area (Å²) in [4.78, 5) is 12.5. The number of hydrogen-bond donors (Lipinski definition) is 1. The van der Waals surface area contributed by atoms with Gasteiger partial charge in [0.05, 0.1) is 5.69 Å². The zero-order chi connectivity index (χ0) is 20.7. The lowest BCUT2D eigenvalue weighted by atomic mass is 10.1. The number of rotatable bonds is 9. The largest absolute Gasteiger partial charge is 0.325 e. The Balaban J connectivity index is 2.18. The van der Waals surface area contributed by atoms with Crippen molar-refractivity contribution in [2.75, 3.05) is 30.3 Å². The fourth-order valence-corrected chi connectivity index (χ4v) is 3.68. The Morgan fingerprint density at radius 2 is 1.71 bits per heavy atom. The van der Waals surface area contributed by atoms with Crippen molar-refractivity contribution >= 4 is 27.5 Å². The maximum absolute atomic E-state index is 14.2. The molecule has 0 fully saturated rings.